The van der Waals surface area contributed by atoms with E-state index in [0.29, 0.717) is 5.82 Å². The number of carbonyl (C=O) groups is 1. The van der Waals surface area contributed by atoms with Crippen LogP contribution in [0.3, 0.4) is 0 Å². The van der Waals surface area contributed by atoms with Crippen molar-refractivity contribution in [3.8, 4) is 0 Å². The number of carbonyl (C=O) groups excluding carboxylic acids is 1. The summed E-state index contributed by atoms with van der Waals surface area (Å²) in [4.78, 5) is 30.8. The van der Waals surface area contributed by atoms with Crippen molar-refractivity contribution in [3.63, 3.8) is 0 Å². The Morgan fingerprint density at radius 1 is 1.19 bits per heavy atom. The minimum atomic E-state index is -4.56. The maximum absolute atomic E-state index is 12.7. The summed E-state index contributed by atoms with van der Waals surface area (Å²) in [6.45, 7) is 0. The van der Waals surface area contributed by atoms with Gasteiger partial charge in [0.1, 0.15) is 11.5 Å². The van der Waals surface area contributed by atoms with Crippen LogP contribution in [0.4, 0.5) is 13.2 Å². The van der Waals surface area contributed by atoms with Crippen LogP contribution >= 0.6 is 23.2 Å². The molecule has 3 rings (SSSR count). The van der Waals surface area contributed by atoms with Gasteiger partial charge in [-0.3, -0.25) is 9.59 Å². The number of halogens is 5. The number of nitrogens with zero attached hydrogens (tertiary/aromatic N) is 1. The lowest BCUT2D eigenvalue weighted by Crippen LogP contribution is -2.16. The van der Waals surface area contributed by atoms with Crippen LogP contribution < -0.4 is 5.56 Å². The maximum atomic E-state index is 12.7. The van der Waals surface area contributed by atoms with Crippen LogP contribution in [0.2, 0.25) is 10.0 Å². The molecule has 1 aliphatic rings. The summed E-state index contributed by atoms with van der Waals surface area (Å²) in [5.74, 6) is 0.269. The highest BCUT2D eigenvalue weighted by molar-refractivity contribution is 6.36. The Hall–Kier alpha value is -1.86. The van der Waals surface area contributed by atoms with E-state index in [1.807, 2.05) is 0 Å². The monoisotopic (exact) mass is 404 g/mol. The quantitative estimate of drug-likeness (QED) is 0.728. The number of hydrogen-bond donors (Lipinski definition) is 1. The average Bonchev–Trinajstić information content (AvgIpc) is 3.37. The van der Waals surface area contributed by atoms with Crippen LogP contribution in [0.15, 0.2) is 23.0 Å². The van der Waals surface area contributed by atoms with E-state index in [-0.39, 0.29) is 40.1 Å². The third-order valence-electron chi connectivity index (χ3n) is 4.08. The molecule has 2 aromatic rings. The van der Waals surface area contributed by atoms with Crippen LogP contribution in [-0.2, 0) is 12.6 Å². The fourth-order valence-corrected chi connectivity index (χ4v) is 3.22. The van der Waals surface area contributed by atoms with Crippen molar-refractivity contribution >= 4 is 29.0 Å². The van der Waals surface area contributed by atoms with E-state index in [2.05, 4.69) is 9.97 Å². The Labute approximate surface area is 156 Å². The van der Waals surface area contributed by atoms with E-state index in [4.69, 9.17) is 23.2 Å². The van der Waals surface area contributed by atoms with Crippen LogP contribution in [0.25, 0.3) is 0 Å². The highest BCUT2D eigenvalue weighted by Crippen LogP contribution is 2.38. The summed E-state index contributed by atoms with van der Waals surface area (Å²) < 4.78 is 38.2. The second-order valence-corrected chi connectivity index (χ2v) is 6.94. The number of rotatable bonds is 5. The Morgan fingerprint density at radius 3 is 2.35 bits per heavy atom. The predicted molar refractivity (Wildman–Crippen MR) is 90.9 cm³/mol. The molecule has 0 bridgehead atoms. The summed E-state index contributed by atoms with van der Waals surface area (Å²) in [5, 5.41) is -0.315. The molecule has 0 aliphatic heterocycles. The third kappa shape index (κ3) is 4.27. The number of nitrogens with one attached hydrogen (secondary N) is 1. The highest BCUT2D eigenvalue weighted by Gasteiger charge is 2.32. The Bertz CT molecular complexity index is 898. The lowest BCUT2D eigenvalue weighted by molar-refractivity contribution is -0.137. The van der Waals surface area contributed by atoms with Crippen molar-refractivity contribution in [2.75, 3.05) is 0 Å². The normalized spacial score (nSPS) is 14.5. The number of hydrogen-bond acceptors (Lipinski definition) is 3. The molecule has 1 aromatic carbocycles. The molecule has 0 amide bonds. The van der Waals surface area contributed by atoms with Crippen molar-refractivity contribution in [2.24, 2.45) is 0 Å². The minimum Gasteiger partial charge on any atom is -0.310 e. The van der Waals surface area contributed by atoms with Gasteiger partial charge in [-0.15, -0.1) is 0 Å². The van der Waals surface area contributed by atoms with Crippen LogP contribution in [0, 0.1) is 0 Å². The number of alkyl halides is 3. The van der Waals surface area contributed by atoms with E-state index in [0.717, 1.165) is 31.0 Å². The third-order valence-corrected chi connectivity index (χ3v) is 4.75. The molecule has 138 valence electrons. The minimum absolute atomic E-state index is 0.0369. The highest BCUT2D eigenvalue weighted by atomic mass is 35.5. The number of Topliss-reactive ketones (excluding diaryl/α,β-unsaturated/α-hetero) is 1. The number of aromatic nitrogens is 2. The topological polar surface area (TPSA) is 62.8 Å². The molecule has 1 fully saturated rings. The first kappa shape index (κ1) is 18.9. The maximum Gasteiger partial charge on any atom is 0.416 e. The van der Waals surface area contributed by atoms with Crippen LogP contribution in [0.5, 0.6) is 0 Å². The molecule has 26 heavy (non-hydrogen) atoms. The van der Waals surface area contributed by atoms with Crippen molar-refractivity contribution in [2.45, 2.75) is 37.8 Å². The molecular weight excluding hydrogens is 392 g/mol. The number of H-pyrrole nitrogens is 1. The lowest BCUT2D eigenvalue weighted by atomic mass is 10.0. The van der Waals surface area contributed by atoms with Crippen molar-refractivity contribution in [1.82, 2.24) is 9.97 Å². The van der Waals surface area contributed by atoms with E-state index in [1.165, 1.54) is 0 Å². The number of benzene rings is 1. The molecular formula is C17H13Cl2F3N2O2. The summed E-state index contributed by atoms with van der Waals surface area (Å²) in [5.41, 5.74) is -1.07. The SMILES string of the molecule is O=C(CCc1c(Cl)cc(C(F)(F)F)cc1Cl)c1cc(=O)[nH]c(C2CC2)n1. The van der Waals surface area contributed by atoms with E-state index in [9.17, 15) is 22.8 Å². The van der Waals surface area contributed by atoms with Gasteiger partial charge in [0.15, 0.2) is 5.78 Å². The molecule has 1 aromatic heterocycles. The fraction of sp³-hybridized carbons (Fsp3) is 0.353. The Kier molecular flexibility index (Phi) is 5.12. The van der Waals surface area contributed by atoms with E-state index >= 15 is 0 Å². The molecule has 0 saturated heterocycles. The molecule has 0 unspecified atom stereocenters. The Balaban J connectivity index is 1.77. The fourth-order valence-electron chi connectivity index (χ4n) is 2.54. The second kappa shape index (κ2) is 7.04. The summed E-state index contributed by atoms with van der Waals surface area (Å²) in [6.07, 6.45) is -2.77. The zero-order valence-electron chi connectivity index (χ0n) is 13.3. The molecule has 0 radical (unpaired) electrons. The lowest BCUT2D eigenvalue weighted by Gasteiger charge is -2.12. The molecule has 1 saturated carbocycles. The van der Waals surface area contributed by atoms with Crippen molar-refractivity contribution in [3.05, 3.63) is 61.2 Å². The van der Waals surface area contributed by atoms with E-state index < -0.39 is 23.1 Å². The van der Waals surface area contributed by atoms with Gasteiger partial charge in [-0.1, -0.05) is 23.2 Å². The first-order chi connectivity index (χ1) is 12.1. The number of aromatic amines is 1. The molecule has 1 aliphatic carbocycles. The molecule has 1 heterocycles. The molecule has 1 N–H and O–H groups in total. The largest absolute Gasteiger partial charge is 0.416 e. The van der Waals surface area contributed by atoms with Gasteiger partial charge in [-0.25, -0.2) is 4.98 Å². The van der Waals surface area contributed by atoms with Crippen LogP contribution in [0.1, 0.15) is 52.6 Å². The first-order valence-electron chi connectivity index (χ1n) is 7.84. The predicted octanol–water partition coefficient (Wildman–Crippen LogP) is 4.79. The standard InChI is InChI=1S/C17H13Cl2F3N2O2/c18-11-5-9(17(20,21)22)6-12(19)10(11)3-4-14(25)13-7-15(26)24-16(23-13)8-1-2-8/h5-8H,1-4H2,(H,23,24,26). The van der Waals surface area contributed by atoms with Gasteiger partial charge in [-0.2, -0.15) is 13.2 Å². The van der Waals surface area contributed by atoms with Crippen molar-refractivity contribution < 1.29 is 18.0 Å². The van der Waals surface area contributed by atoms with Crippen molar-refractivity contribution in [1.29, 1.82) is 0 Å². The second-order valence-electron chi connectivity index (χ2n) is 6.13. The molecule has 0 spiro atoms. The number of ketones is 1. The molecule has 4 nitrogen and oxygen atoms in total. The average molecular weight is 405 g/mol. The summed E-state index contributed by atoms with van der Waals surface area (Å²) in [6, 6.07) is 2.68. The van der Waals surface area contributed by atoms with Gasteiger partial charge in [0.05, 0.1) is 5.56 Å². The molecule has 0 atom stereocenters. The zero-order valence-corrected chi connectivity index (χ0v) is 14.8. The molecule has 9 heteroatoms. The summed E-state index contributed by atoms with van der Waals surface area (Å²) >= 11 is 11.8. The zero-order chi connectivity index (χ0) is 19.1. The van der Waals surface area contributed by atoms with Gasteiger partial charge in [0.25, 0.3) is 5.56 Å². The Morgan fingerprint density at radius 2 is 1.81 bits per heavy atom. The summed E-state index contributed by atoms with van der Waals surface area (Å²) in [7, 11) is 0. The van der Waals surface area contributed by atoms with Gasteiger partial charge in [0, 0.05) is 28.5 Å². The first-order valence-corrected chi connectivity index (χ1v) is 8.60. The van der Waals surface area contributed by atoms with Gasteiger partial charge < -0.3 is 4.98 Å². The van der Waals surface area contributed by atoms with Gasteiger partial charge in [0.2, 0.25) is 0 Å². The smallest absolute Gasteiger partial charge is 0.310 e. The van der Waals surface area contributed by atoms with Gasteiger partial charge in [-0.05, 0) is 37.0 Å². The van der Waals surface area contributed by atoms with E-state index in [1.54, 1.807) is 0 Å². The van der Waals surface area contributed by atoms with Crippen LogP contribution in [-0.4, -0.2) is 15.8 Å². The van der Waals surface area contributed by atoms with Gasteiger partial charge >= 0.3 is 6.18 Å².